The summed E-state index contributed by atoms with van der Waals surface area (Å²) in [7, 11) is 0.134. The van der Waals surface area contributed by atoms with Crippen molar-refractivity contribution in [2.75, 3.05) is 0 Å². The molecular formula is C9H16F3N2Si+. The van der Waals surface area contributed by atoms with E-state index >= 15 is 0 Å². The molecule has 0 amide bonds. The lowest BCUT2D eigenvalue weighted by Crippen LogP contribution is -2.63. The van der Waals surface area contributed by atoms with E-state index in [0.29, 0.717) is 6.42 Å². The first kappa shape index (κ1) is 12.5. The number of hydrogen-bond donors (Lipinski definition) is 0. The van der Waals surface area contributed by atoms with Crippen molar-refractivity contribution in [3.05, 3.63) is 0 Å². The highest BCUT2D eigenvalue weighted by molar-refractivity contribution is 6.35. The van der Waals surface area contributed by atoms with E-state index in [9.17, 15) is 13.2 Å². The van der Waals surface area contributed by atoms with Crippen LogP contribution in [0.15, 0.2) is 0 Å². The highest BCUT2D eigenvalue weighted by Gasteiger charge is 2.51. The van der Waals surface area contributed by atoms with Crippen molar-refractivity contribution in [3.63, 3.8) is 0 Å². The fourth-order valence-electron chi connectivity index (χ4n) is 1.51. The first-order valence-corrected chi connectivity index (χ1v) is 5.95. The third-order valence-electron chi connectivity index (χ3n) is 2.47. The van der Waals surface area contributed by atoms with Crippen LogP contribution in [-0.2, 0) is 0 Å². The predicted molar refractivity (Wildman–Crippen MR) is 53.8 cm³/mol. The maximum atomic E-state index is 12.5. The third-order valence-corrected chi connectivity index (χ3v) is 4.32. The van der Waals surface area contributed by atoms with Crippen molar-refractivity contribution in [1.82, 2.24) is 4.57 Å². The molecule has 0 spiro atoms. The molecule has 1 heterocycles. The van der Waals surface area contributed by atoms with E-state index < -0.39 is 12.2 Å². The second kappa shape index (κ2) is 4.15. The average Bonchev–Trinajstić information content (AvgIpc) is 2.00. The Bertz CT molecular complexity index is 273. The van der Waals surface area contributed by atoms with Gasteiger partial charge in [-0.05, 0) is 20.8 Å². The summed E-state index contributed by atoms with van der Waals surface area (Å²) in [6, 6.07) is -1.07. The topological polar surface area (TPSA) is 6.25 Å². The molecule has 1 unspecified atom stereocenters. The molecule has 0 fully saturated rings. The molecule has 0 saturated heterocycles. The Hall–Kier alpha value is -0.523. The molecule has 2 radical (unpaired) electrons. The van der Waals surface area contributed by atoms with E-state index in [2.05, 4.69) is 0 Å². The minimum Gasteiger partial charge on any atom is -0.271 e. The predicted octanol–water partition coefficient (Wildman–Crippen LogP) is 2.02. The monoisotopic (exact) mass is 237 g/mol. The molecule has 0 saturated carbocycles. The molecule has 6 heteroatoms. The normalized spacial score (nSPS) is 19.6. The molecule has 0 aromatic rings. The van der Waals surface area contributed by atoms with Gasteiger partial charge in [-0.25, -0.2) is 0 Å². The number of amidine groups is 1. The van der Waals surface area contributed by atoms with Crippen LogP contribution in [0.3, 0.4) is 0 Å². The van der Waals surface area contributed by atoms with Gasteiger partial charge in [0.25, 0.3) is 0 Å². The van der Waals surface area contributed by atoms with E-state index in [0.717, 1.165) is 5.84 Å². The smallest absolute Gasteiger partial charge is 0.271 e. The van der Waals surface area contributed by atoms with E-state index in [4.69, 9.17) is 0 Å². The van der Waals surface area contributed by atoms with Crippen LogP contribution in [0, 0.1) is 0 Å². The summed E-state index contributed by atoms with van der Waals surface area (Å²) < 4.78 is 41.0. The zero-order valence-electron chi connectivity index (χ0n) is 9.39. The van der Waals surface area contributed by atoms with Crippen LogP contribution in [0.2, 0.25) is 0 Å². The number of nitrogens with zero attached hydrogens (tertiary/aromatic N) is 2. The van der Waals surface area contributed by atoms with Gasteiger partial charge in [-0.2, -0.15) is 13.2 Å². The SMILES string of the molecule is CCC1=[N+](C(C)C(F)(F)F)[Si]N1C(C)C. The van der Waals surface area contributed by atoms with Gasteiger partial charge < -0.3 is 0 Å². The molecule has 0 bridgehead atoms. The maximum Gasteiger partial charge on any atom is 0.645 e. The van der Waals surface area contributed by atoms with E-state index in [-0.39, 0.29) is 15.9 Å². The fourth-order valence-corrected chi connectivity index (χ4v) is 2.92. The van der Waals surface area contributed by atoms with Gasteiger partial charge in [0.15, 0.2) is 6.04 Å². The highest BCUT2D eigenvalue weighted by atomic mass is 28.2. The van der Waals surface area contributed by atoms with Crippen molar-refractivity contribution in [2.45, 2.75) is 52.4 Å². The molecular weight excluding hydrogens is 221 g/mol. The third kappa shape index (κ3) is 2.35. The van der Waals surface area contributed by atoms with Gasteiger partial charge in [0.2, 0.25) is 5.84 Å². The van der Waals surface area contributed by atoms with Gasteiger partial charge in [-0.3, -0.25) is 8.81 Å². The Balaban J connectivity index is 2.84. The van der Waals surface area contributed by atoms with E-state index in [1.165, 1.54) is 11.2 Å². The van der Waals surface area contributed by atoms with Crippen LogP contribution >= 0.6 is 0 Å². The van der Waals surface area contributed by atoms with Gasteiger partial charge in [0.1, 0.15) is 0 Å². The lowest BCUT2D eigenvalue weighted by Gasteiger charge is -2.34. The van der Waals surface area contributed by atoms with Crippen LogP contribution in [0.5, 0.6) is 0 Å². The molecule has 0 aliphatic carbocycles. The molecule has 2 nitrogen and oxygen atoms in total. The first-order chi connectivity index (χ1) is 6.79. The lowest BCUT2D eigenvalue weighted by molar-refractivity contribution is -0.508. The Morgan fingerprint density at radius 3 is 2.20 bits per heavy atom. The molecule has 0 N–H and O–H groups in total. The molecule has 0 aromatic carbocycles. The Morgan fingerprint density at radius 2 is 1.87 bits per heavy atom. The minimum absolute atomic E-state index is 0.134. The molecule has 15 heavy (non-hydrogen) atoms. The zero-order chi connectivity index (χ0) is 11.8. The summed E-state index contributed by atoms with van der Waals surface area (Å²) in [5.41, 5.74) is 0. The average molecular weight is 237 g/mol. The van der Waals surface area contributed by atoms with Crippen LogP contribution in [0.25, 0.3) is 0 Å². The van der Waals surface area contributed by atoms with E-state index in [1.807, 2.05) is 25.3 Å². The molecule has 1 aliphatic heterocycles. The van der Waals surface area contributed by atoms with E-state index in [1.54, 1.807) is 0 Å². The minimum atomic E-state index is -4.13. The van der Waals surface area contributed by atoms with Crippen LogP contribution in [0.1, 0.15) is 34.1 Å². The van der Waals surface area contributed by atoms with Crippen LogP contribution in [0.4, 0.5) is 13.2 Å². The van der Waals surface area contributed by atoms with Gasteiger partial charge >= 0.3 is 16.0 Å². The summed E-state index contributed by atoms with van der Waals surface area (Å²) in [6.07, 6.45) is -3.47. The summed E-state index contributed by atoms with van der Waals surface area (Å²) >= 11 is 0. The van der Waals surface area contributed by atoms with Gasteiger partial charge in [0, 0.05) is 6.42 Å². The molecule has 86 valence electrons. The fraction of sp³-hybridized carbons (Fsp3) is 0.889. The first-order valence-electron chi connectivity index (χ1n) is 5.06. The largest absolute Gasteiger partial charge is 0.645 e. The summed E-state index contributed by atoms with van der Waals surface area (Å²) in [5, 5.41) is 0. The van der Waals surface area contributed by atoms with Crippen molar-refractivity contribution in [3.8, 4) is 0 Å². The molecule has 1 rings (SSSR count). The number of alkyl halides is 3. The highest BCUT2D eigenvalue weighted by Crippen LogP contribution is 2.25. The summed E-state index contributed by atoms with van der Waals surface area (Å²) in [5.74, 6) is 0.813. The van der Waals surface area contributed by atoms with Crippen molar-refractivity contribution >= 4 is 15.7 Å². The molecule has 0 aromatic heterocycles. The maximum absolute atomic E-state index is 12.5. The lowest BCUT2D eigenvalue weighted by atomic mass is 10.3. The molecule has 1 aliphatic rings. The van der Waals surface area contributed by atoms with Crippen molar-refractivity contribution in [1.29, 1.82) is 0 Å². The van der Waals surface area contributed by atoms with Crippen molar-refractivity contribution < 1.29 is 17.4 Å². The number of rotatable bonds is 3. The second-order valence-electron chi connectivity index (χ2n) is 3.92. The van der Waals surface area contributed by atoms with Crippen LogP contribution in [-0.4, -0.2) is 42.7 Å². The summed E-state index contributed by atoms with van der Waals surface area (Å²) in [6.45, 7) is 7.11. The Kier molecular flexibility index (Phi) is 3.47. The van der Waals surface area contributed by atoms with Crippen LogP contribution < -0.4 is 0 Å². The summed E-state index contributed by atoms with van der Waals surface area (Å²) in [4.78, 5) is 0. The number of halogens is 3. The zero-order valence-corrected chi connectivity index (χ0v) is 10.4. The van der Waals surface area contributed by atoms with Gasteiger partial charge in [0.05, 0.1) is 6.04 Å². The Morgan fingerprint density at radius 1 is 1.33 bits per heavy atom. The standard InChI is InChI=1S/C9H16F3N2Si/c1-5-8-13(6(2)3)15-14(8)7(4)9(10,11)12/h6-7H,5H2,1-4H3/q+1. The van der Waals surface area contributed by atoms with Crippen molar-refractivity contribution in [2.24, 2.45) is 0 Å². The number of hydrogen-bond acceptors (Lipinski definition) is 1. The van der Waals surface area contributed by atoms with Gasteiger partial charge in [-0.1, -0.05) is 6.92 Å². The molecule has 1 atom stereocenters. The Labute approximate surface area is 90.7 Å². The second-order valence-corrected chi connectivity index (χ2v) is 5.08. The quantitative estimate of drug-likeness (QED) is 0.681. The van der Waals surface area contributed by atoms with Gasteiger partial charge in [-0.15, -0.1) is 0 Å².